The van der Waals surface area contributed by atoms with Gasteiger partial charge in [-0.2, -0.15) is 0 Å². The summed E-state index contributed by atoms with van der Waals surface area (Å²) in [5.74, 6) is -0.0550. The molecule has 1 aromatic heterocycles. The first kappa shape index (κ1) is 15.9. The van der Waals surface area contributed by atoms with Crippen LogP contribution in [0.15, 0.2) is 48.7 Å². The lowest BCUT2D eigenvalue weighted by Gasteiger charge is -2.20. The van der Waals surface area contributed by atoms with Gasteiger partial charge in [-0.3, -0.25) is 4.79 Å². The van der Waals surface area contributed by atoms with Crippen LogP contribution in [0.25, 0.3) is 10.9 Å². The van der Waals surface area contributed by atoms with Gasteiger partial charge in [-0.1, -0.05) is 30.3 Å². The average molecular weight is 325 g/mol. The number of aliphatic carboxylic acids is 1. The number of nitrogens with one attached hydrogen (secondary N) is 1. The number of carbonyl (C=O) groups is 1. The third-order valence-corrected chi connectivity index (χ3v) is 4.18. The fraction of sp³-hybridized carbons (Fsp3) is 0.211. The van der Waals surface area contributed by atoms with Gasteiger partial charge in [0.2, 0.25) is 0 Å². The third-order valence-electron chi connectivity index (χ3n) is 4.18. The van der Waals surface area contributed by atoms with Gasteiger partial charge in [-0.25, -0.2) is 0 Å². The Balaban J connectivity index is 2.20. The summed E-state index contributed by atoms with van der Waals surface area (Å²) in [6.07, 6.45) is 1.84. The van der Waals surface area contributed by atoms with E-state index in [2.05, 4.69) is 4.98 Å². The number of aromatic nitrogens is 1. The Morgan fingerprint density at radius 3 is 2.58 bits per heavy atom. The van der Waals surface area contributed by atoms with Crippen molar-refractivity contribution in [1.82, 2.24) is 4.98 Å². The van der Waals surface area contributed by atoms with Crippen molar-refractivity contribution in [2.75, 3.05) is 14.2 Å². The molecule has 3 aromatic rings. The quantitative estimate of drug-likeness (QED) is 0.723. The summed E-state index contributed by atoms with van der Waals surface area (Å²) < 4.78 is 10.9. The van der Waals surface area contributed by atoms with Gasteiger partial charge in [0.1, 0.15) is 0 Å². The number of benzene rings is 2. The van der Waals surface area contributed by atoms with Crippen LogP contribution >= 0.6 is 0 Å². The molecule has 0 amide bonds. The van der Waals surface area contributed by atoms with E-state index in [-0.39, 0.29) is 12.3 Å². The Bertz CT molecular complexity index is 869. The summed E-state index contributed by atoms with van der Waals surface area (Å²) in [6.45, 7) is 0. The number of hydrogen-bond donors (Lipinski definition) is 2. The van der Waals surface area contributed by atoms with Crippen LogP contribution in [0.1, 0.15) is 23.5 Å². The number of aromatic amines is 1. The van der Waals surface area contributed by atoms with Crippen LogP contribution in [0, 0.1) is 0 Å². The van der Waals surface area contributed by atoms with Crippen molar-refractivity contribution < 1.29 is 19.4 Å². The second kappa shape index (κ2) is 6.66. The number of hydrogen-bond acceptors (Lipinski definition) is 3. The zero-order valence-corrected chi connectivity index (χ0v) is 13.6. The summed E-state index contributed by atoms with van der Waals surface area (Å²) in [6, 6.07) is 13.4. The average Bonchev–Trinajstić information content (AvgIpc) is 3.02. The SMILES string of the molecule is COc1cccc([C@@H](CC(=O)O)c2c[nH]c3ccccc23)c1OC. The molecule has 0 radical (unpaired) electrons. The van der Waals surface area contributed by atoms with Crippen LogP contribution in [-0.4, -0.2) is 30.3 Å². The maximum Gasteiger partial charge on any atom is 0.304 e. The number of rotatable bonds is 6. The van der Waals surface area contributed by atoms with Crippen molar-refractivity contribution in [1.29, 1.82) is 0 Å². The summed E-state index contributed by atoms with van der Waals surface area (Å²) in [5.41, 5.74) is 2.70. The molecule has 0 spiro atoms. The number of methoxy groups -OCH3 is 2. The highest BCUT2D eigenvalue weighted by Gasteiger charge is 2.25. The molecule has 5 heteroatoms. The van der Waals surface area contributed by atoms with E-state index in [1.807, 2.05) is 42.6 Å². The molecule has 0 aliphatic heterocycles. The van der Waals surface area contributed by atoms with E-state index in [0.29, 0.717) is 11.5 Å². The molecule has 0 fully saturated rings. The van der Waals surface area contributed by atoms with Crippen molar-refractivity contribution >= 4 is 16.9 Å². The molecule has 124 valence electrons. The van der Waals surface area contributed by atoms with Gasteiger partial charge in [0.25, 0.3) is 0 Å². The van der Waals surface area contributed by atoms with E-state index >= 15 is 0 Å². The molecule has 0 bridgehead atoms. The second-order valence-corrected chi connectivity index (χ2v) is 5.52. The molecule has 0 saturated carbocycles. The van der Waals surface area contributed by atoms with Gasteiger partial charge >= 0.3 is 5.97 Å². The first-order valence-electron chi connectivity index (χ1n) is 7.64. The standard InChI is InChI=1S/C19H19NO4/c1-23-17-9-5-7-13(19(17)24-2)14(10-18(21)22)15-11-20-16-8-4-3-6-12(15)16/h3-9,11,14,20H,10H2,1-2H3,(H,21,22)/t14-/m1/s1. The number of H-pyrrole nitrogens is 1. The Morgan fingerprint density at radius 2 is 1.88 bits per heavy atom. The molecular weight excluding hydrogens is 306 g/mol. The molecule has 3 rings (SSSR count). The fourth-order valence-corrected chi connectivity index (χ4v) is 3.13. The molecule has 2 aromatic carbocycles. The fourth-order valence-electron chi connectivity index (χ4n) is 3.13. The molecule has 1 atom stereocenters. The van der Waals surface area contributed by atoms with Gasteiger partial charge in [0, 0.05) is 28.6 Å². The Kier molecular flexibility index (Phi) is 4.42. The van der Waals surface area contributed by atoms with E-state index in [9.17, 15) is 9.90 Å². The highest BCUT2D eigenvalue weighted by atomic mass is 16.5. The van der Waals surface area contributed by atoms with Gasteiger partial charge in [-0.15, -0.1) is 0 Å². The van der Waals surface area contributed by atoms with Crippen LogP contribution in [-0.2, 0) is 4.79 Å². The minimum Gasteiger partial charge on any atom is -0.493 e. The van der Waals surface area contributed by atoms with Crippen molar-refractivity contribution in [3.63, 3.8) is 0 Å². The first-order chi connectivity index (χ1) is 11.7. The predicted octanol–water partition coefficient (Wildman–Crippen LogP) is 3.79. The normalized spacial score (nSPS) is 12.1. The summed E-state index contributed by atoms with van der Waals surface area (Å²) in [4.78, 5) is 14.7. The van der Waals surface area contributed by atoms with Gasteiger partial charge < -0.3 is 19.6 Å². The largest absolute Gasteiger partial charge is 0.493 e. The van der Waals surface area contributed by atoms with E-state index in [1.165, 1.54) is 0 Å². The lowest BCUT2D eigenvalue weighted by molar-refractivity contribution is -0.137. The number of carboxylic acid groups (broad SMARTS) is 1. The number of para-hydroxylation sites is 2. The van der Waals surface area contributed by atoms with Crippen molar-refractivity contribution in [3.8, 4) is 11.5 Å². The third kappa shape index (κ3) is 2.80. The van der Waals surface area contributed by atoms with Crippen LogP contribution in [0.4, 0.5) is 0 Å². The van der Waals surface area contributed by atoms with Crippen molar-refractivity contribution in [2.45, 2.75) is 12.3 Å². The lowest BCUT2D eigenvalue weighted by atomic mass is 9.87. The zero-order chi connectivity index (χ0) is 17.1. The molecule has 0 aliphatic carbocycles. The molecular formula is C19H19NO4. The molecule has 0 aliphatic rings. The summed E-state index contributed by atoms with van der Waals surface area (Å²) in [7, 11) is 3.13. The summed E-state index contributed by atoms with van der Waals surface area (Å²) >= 11 is 0. The van der Waals surface area contributed by atoms with E-state index < -0.39 is 5.97 Å². The van der Waals surface area contributed by atoms with Crippen molar-refractivity contribution in [3.05, 3.63) is 59.8 Å². The maximum atomic E-state index is 11.5. The molecule has 0 unspecified atom stereocenters. The second-order valence-electron chi connectivity index (χ2n) is 5.52. The van der Waals surface area contributed by atoms with Gasteiger partial charge in [0.05, 0.1) is 20.6 Å². The number of carboxylic acids is 1. The zero-order valence-electron chi connectivity index (χ0n) is 13.6. The van der Waals surface area contributed by atoms with Crippen LogP contribution in [0.2, 0.25) is 0 Å². The molecule has 1 heterocycles. The van der Waals surface area contributed by atoms with Crippen LogP contribution < -0.4 is 9.47 Å². The topological polar surface area (TPSA) is 71.5 Å². The number of fused-ring (bicyclic) bond motifs is 1. The minimum absolute atomic E-state index is 0.0363. The van der Waals surface area contributed by atoms with E-state index in [0.717, 1.165) is 22.0 Å². The molecule has 24 heavy (non-hydrogen) atoms. The molecule has 0 saturated heterocycles. The molecule has 2 N–H and O–H groups in total. The number of ether oxygens (including phenoxy) is 2. The lowest BCUT2D eigenvalue weighted by Crippen LogP contribution is -2.09. The maximum absolute atomic E-state index is 11.5. The Morgan fingerprint density at radius 1 is 1.08 bits per heavy atom. The van der Waals surface area contributed by atoms with Crippen molar-refractivity contribution in [2.24, 2.45) is 0 Å². The predicted molar refractivity (Wildman–Crippen MR) is 91.9 cm³/mol. The van der Waals surface area contributed by atoms with Gasteiger partial charge in [-0.05, 0) is 17.7 Å². The highest BCUT2D eigenvalue weighted by Crippen LogP contribution is 2.41. The monoisotopic (exact) mass is 325 g/mol. The highest BCUT2D eigenvalue weighted by molar-refractivity contribution is 5.85. The van der Waals surface area contributed by atoms with E-state index in [4.69, 9.17) is 9.47 Å². The Hall–Kier alpha value is -2.95. The van der Waals surface area contributed by atoms with Crippen LogP contribution in [0.3, 0.4) is 0 Å². The smallest absolute Gasteiger partial charge is 0.304 e. The summed E-state index contributed by atoms with van der Waals surface area (Å²) in [5, 5.41) is 10.4. The minimum atomic E-state index is -0.866. The van der Waals surface area contributed by atoms with Gasteiger partial charge in [0.15, 0.2) is 11.5 Å². The Labute approximate surface area is 139 Å². The molecule has 5 nitrogen and oxygen atoms in total. The van der Waals surface area contributed by atoms with E-state index in [1.54, 1.807) is 20.3 Å². The van der Waals surface area contributed by atoms with Crippen LogP contribution in [0.5, 0.6) is 11.5 Å². The first-order valence-corrected chi connectivity index (χ1v) is 7.64.